The molecule has 0 saturated carbocycles. The van der Waals surface area contributed by atoms with Crippen molar-refractivity contribution in [3.05, 3.63) is 35.4 Å². The molecule has 1 aromatic rings. The Bertz CT molecular complexity index is 522. The molecule has 120 valence electrons. The number of hydrogen-bond acceptors (Lipinski definition) is 3. The molecule has 5 heteroatoms. The van der Waals surface area contributed by atoms with E-state index >= 15 is 0 Å². The minimum absolute atomic E-state index is 0.0987. The summed E-state index contributed by atoms with van der Waals surface area (Å²) in [5.41, 5.74) is 2.23. The highest BCUT2D eigenvalue weighted by Gasteiger charge is 2.24. The van der Waals surface area contributed by atoms with Crippen molar-refractivity contribution in [2.24, 2.45) is 0 Å². The van der Waals surface area contributed by atoms with Gasteiger partial charge >= 0.3 is 6.09 Å². The predicted molar refractivity (Wildman–Crippen MR) is 84.6 cm³/mol. The molecule has 1 aromatic carbocycles. The standard InChI is InChI=1S/C17H24N2O3/c1-3-22-17(21)18-15-8-10-19(11-9-15)16(20)12-14-7-5-4-6-13(14)2/h4-7,15H,3,8-12H2,1-2H3,(H,18,21). The van der Waals surface area contributed by atoms with Crippen LogP contribution in [0, 0.1) is 6.92 Å². The zero-order valence-corrected chi connectivity index (χ0v) is 13.3. The summed E-state index contributed by atoms with van der Waals surface area (Å²) in [6.45, 7) is 5.55. The van der Waals surface area contributed by atoms with Crippen LogP contribution in [-0.4, -0.2) is 42.6 Å². The molecule has 1 heterocycles. The molecule has 1 N–H and O–H groups in total. The van der Waals surface area contributed by atoms with E-state index in [2.05, 4.69) is 5.32 Å². The molecule has 0 spiro atoms. The molecule has 0 atom stereocenters. The maximum Gasteiger partial charge on any atom is 0.407 e. The third-order valence-electron chi connectivity index (χ3n) is 4.05. The molecule has 5 nitrogen and oxygen atoms in total. The first-order valence-electron chi connectivity index (χ1n) is 7.85. The summed E-state index contributed by atoms with van der Waals surface area (Å²) in [7, 11) is 0. The highest BCUT2D eigenvalue weighted by molar-refractivity contribution is 5.79. The van der Waals surface area contributed by atoms with E-state index in [9.17, 15) is 9.59 Å². The Hall–Kier alpha value is -2.04. The third kappa shape index (κ3) is 4.48. The van der Waals surface area contributed by atoms with E-state index in [1.807, 2.05) is 36.1 Å². The Balaban J connectivity index is 1.80. The fourth-order valence-corrected chi connectivity index (χ4v) is 2.70. The van der Waals surface area contributed by atoms with E-state index in [0.29, 0.717) is 26.1 Å². The number of hydrogen-bond donors (Lipinski definition) is 1. The first-order chi connectivity index (χ1) is 10.6. The maximum absolute atomic E-state index is 12.4. The highest BCUT2D eigenvalue weighted by atomic mass is 16.5. The number of benzene rings is 1. The molecular formula is C17H24N2O3. The molecule has 0 bridgehead atoms. The predicted octanol–water partition coefficient (Wildman–Crippen LogP) is 2.27. The van der Waals surface area contributed by atoms with E-state index in [1.165, 1.54) is 0 Å². The van der Waals surface area contributed by atoms with E-state index in [1.54, 1.807) is 6.92 Å². The van der Waals surface area contributed by atoms with Crippen LogP contribution < -0.4 is 5.32 Å². The van der Waals surface area contributed by atoms with Gasteiger partial charge in [0, 0.05) is 19.1 Å². The lowest BCUT2D eigenvalue weighted by atomic mass is 10.0. The molecular weight excluding hydrogens is 280 g/mol. The number of carbonyl (C=O) groups excluding carboxylic acids is 2. The second kappa shape index (κ2) is 7.82. The Morgan fingerprint density at radius 3 is 2.59 bits per heavy atom. The normalized spacial score (nSPS) is 15.5. The van der Waals surface area contributed by atoms with Gasteiger partial charge in [0.25, 0.3) is 0 Å². The van der Waals surface area contributed by atoms with Crippen molar-refractivity contribution in [2.75, 3.05) is 19.7 Å². The lowest BCUT2D eigenvalue weighted by Crippen LogP contribution is -2.47. The number of ether oxygens (including phenoxy) is 1. The Morgan fingerprint density at radius 1 is 1.27 bits per heavy atom. The van der Waals surface area contributed by atoms with Crippen molar-refractivity contribution in [1.82, 2.24) is 10.2 Å². The Morgan fingerprint density at radius 2 is 1.95 bits per heavy atom. The van der Waals surface area contributed by atoms with Crippen LogP contribution in [0.2, 0.25) is 0 Å². The van der Waals surface area contributed by atoms with E-state index in [0.717, 1.165) is 24.0 Å². The van der Waals surface area contributed by atoms with Crippen molar-refractivity contribution in [2.45, 2.75) is 39.2 Å². The molecule has 22 heavy (non-hydrogen) atoms. The van der Waals surface area contributed by atoms with Crippen LogP contribution in [0.5, 0.6) is 0 Å². The molecule has 0 aliphatic carbocycles. The van der Waals surface area contributed by atoms with Crippen LogP contribution in [0.25, 0.3) is 0 Å². The molecule has 1 saturated heterocycles. The van der Waals surface area contributed by atoms with Gasteiger partial charge in [0.05, 0.1) is 13.0 Å². The van der Waals surface area contributed by atoms with Crippen LogP contribution in [-0.2, 0) is 16.0 Å². The lowest BCUT2D eigenvalue weighted by Gasteiger charge is -2.32. The largest absolute Gasteiger partial charge is 0.450 e. The van der Waals surface area contributed by atoms with E-state index in [4.69, 9.17) is 4.74 Å². The number of alkyl carbamates (subject to hydrolysis) is 1. The van der Waals surface area contributed by atoms with Crippen molar-refractivity contribution < 1.29 is 14.3 Å². The Kier molecular flexibility index (Phi) is 5.81. The number of nitrogens with one attached hydrogen (secondary N) is 1. The van der Waals surface area contributed by atoms with Crippen molar-refractivity contribution >= 4 is 12.0 Å². The van der Waals surface area contributed by atoms with Gasteiger partial charge in [-0.15, -0.1) is 0 Å². The van der Waals surface area contributed by atoms with Gasteiger partial charge in [-0.1, -0.05) is 24.3 Å². The Labute approximate surface area is 131 Å². The summed E-state index contributed by atoms with van der Waals surface area (Å²) in [5, 5.41) is 2.84. The lowest BCUT2D eigenvalue weighted by molar-refractivity contribution is -0.131. The van der Waals surface area contributed by atoms with Gasteiger partial charge in [-0.25, -0.2) is 4.79 Å². The van der Waals surface area contributed by atoms with Crippen LogP contribution >= 0.6 is 0 Å². The molecule has 1 aliphatic heterocycles. The molecule has 0 radical (unpaired) electrons. The van der Waals surface area contributed by atoms with Crippen LogP contribution in [0.1, 0.15) is 30.9 Å². The zero-order valence-electron chi connectivity index (χ0n) is 13.3. The first kappa shape index (κ1) is 16.3. The van der Waals surface area contributed by atoms with Gasteiger partial charge in [-0.05, 0) is 37.8 Å². The van der Waals surface area contributed by atoms with Crippen molar-refractivity contribution in [3.63, 3.8) is 0 Å². The molecule has 0 unspecified atom stereocenters. The fourth-order valence-electron chi connectivity index (χ4n) is 2.70. The van der Waals surface area contributed by atoms with E-state index < -0.39 is 0 Å². The number of rotatable bonds is 4. The molecule has 2 amide bonds. The molecule has 0 aromatic heterocycles. The summed E-state index contributed by atoms with van der Waals surface area (Å²) < 4.78 is 4.88. The molecule has 1 aliphatic rings. The second-order valence-electron chi connectivity index (χ2n) is 5.62. The average molecular weight is 304 g/mol. The SMILES string of the molecule is CCOC(=O)NC1CCN(C(=O)Cc2ccccc2C)CC1. The fraction of sp³-hybridized carbons (Fsp3) is 0.529. The van der Waals surface area contributed by atoms with Crippen LogP contribution in [0.3, 0.4) is 0 Å². The number of nitrogens with zero attached hydrogens (tertiary/aromatic N) is 1. The van der Waals surface area contributed by atoms with Gasteiger partial charge in [-0.2, -0.15) is 0 Å². The summed E-state index contributed by atoms with van der Waals surface area (Å²) in [6.07, 6.45) is 1.63. The van der Waals surface area contributed by atoms with Crippen molar-refractivity contribution in [1.29, 1.82) is 0 Å². The number of likely N-dealkylation sites (tertiary alicyclic amines) is 1. The van der Waals surface area contributed by atoms with Gasteiger partial charge in [0.1, 0.15) is 0 Å². The second-order valence-corrected chi connectivity index (χ2v) is 5.62. The van der Waals surface area contributed by atoms with Crippen LogP contribution in [0.4, 0.5) is 4.79 Å². The van der Waals surface area contributed by atoms with Crippen LogP contribution in [0.15, 0.2) is 24.3 Å². The van der Waals surface area contributed by atoms with Gasteiger partial charge in [0.15, 0.2) is 0 Å². The first-order valence-corrected chi connectivity index (χ1v) is 7.85. The quantitative estimate of drug-likeness (QED) is 0.928. The minimum atomic E-state index is -0.368. The monoisotopic (exact) mass is 304 g/mol. The number of amides is 2. The third-order valence-corrected chi connectivity index (χ3v) is 4.05. The van der Waals surface area contributed by atoms with Crippen molar-refractivity contribution in [3.8, 4) is 0 Å². The summed E-state index contributed by atoms with van der Waals surface area (Å²) in [5.74, 6) is 0.156. The summed E-state index contributed by atoms with van der Waals surface area (Å²) in [6, 6.07) is 8.07. The van der Waals surface area contributed by atoms with Gasteiger partial charge < -0.3 is 15.0 Å². The topological polar surface area (TPSA) is 58.6 Å². The minimum Gasteiger partial charge on any atom is -0.450 e. The zero-order chi connectivity index (χ0) is 15.9. The highest BCUT2D eigenvalue weighted by Crippen LogP contribution is 2.14. The van der Waals surface area contributed by atoms with Gasteiger partial charge in [0.2, 0.25) is 5.91 Å². The summed E-state index contributed by atoms with van der Waals surface area (Å²) in [4.78, 5) is 25.6. The smallest absolute Gasteiger partial charge is 0.407 e. The summed E-state index contributed by atoms with van der Waals surface area (Å²) >= 11 is 0. The number of carbonyl (C=O) groups is 2. The number of aryl methyl sites for hydroxylation is 1. The maximum atomic E-state index is 12.4. The van der Waals surface area contributed by atoms with Gasteiger partial charge in [-0.3, -0.25) is 4.79 Å². The van der Waals surface area contributed by atoms with E-state index in [-0.39, 0.29) is 18.0 Å². The average Bonchev–Trinajstić information content (AvgIpc) is 2.50. The number of piperidine rings is 1. The molecule has 2 rings (SSSR count). The molecule has 1 fully saturated rings.